The first-order chi connectivity index (χ1) is 12.3. The first-order valence-electron chi connectivity index (χ1n) is 8.69. The highest BCUT2D eigenvalue weighted by Gasteiger charge is 2.47. The largest absolute Gasteiger partial charge is 0.348 e. The summed E-state index contributed by atoms with van der Waals surface area (Å²) in [5.74, 6) is -0.367. The van der Waals surface area contributed by atoms with Crippen LogP contribution in [0.1, 0.15) is 23.2 Å². The smallest absolute Gasteiger partial charge is 0.253 e. The zero-order valence-corrected chi connectivity index (χ0v) is 15.9. The van der Waals surface area contributed by atoms with Gasteiger partial charge in [0.25, 0.3) is 5.91 Å². The van der Waals surface area contributed by atoms with Crippen molar-refractivity contribution in [3.8, 4) is 0 Å². The van der Waals surface area contributed by atoms with Crippen LogP contribution >= 0.6 is 0 Å². The van der Waals surface area contributed by atoms with Crippen molar-refractivity contribution in [1.82, 2.24) is 19.1 Å². The van der Waals surface area contributed by atoms with Crippen molar-refractivity contribution in [3.05, 3.63) is 30.1 Å². The lowest BCUT2D eigenvalue weighted by molar-refractivity contribution is -0.128. The molecule has 0 aliphatic carbocycles. The third-order valence-electron chi connectivity index (χ3n) is 5.18. The zero-order chi connectivity index (χ0) is 18.9. The van der Waals surface area contributed by atoms with Crippen molar-refractivity contribution >= 4 is 21.8 Å². The van der Waals surface area contributed by atoms with Crippen LogP contribution in [0.15, 0.2) is 24.5 Å². The van der Waals surface area contributed by atoms with Crippen LogP contribution in [0.5, 0.6) is 0 Å². The number of sulfonamides is 1. The molecule has 2 atom stereocenters. The molecule has 3 heterocycles. The van der Waals surface area contributed by atoms with E-state index in [0.29, 0.717) is 38.0 Å². The second kappa shape index (κ2) is 7.32. The summed E-state index contributed by atoms with van der Waals surface area (Å²) in [4.78, 5) is 31.6. The van der Waals surface area contributed by atoms with Crippen LogP contribution in [0.2, 0.25) is 0 Å². The summed E-state index contributed by atoms with van der Waals surface area (Å²) < 4.78 is 27.0. The number of fused-ring (bicyclic) bond motifs is 1. The van der Waals surface area contributed by atoms with E-state index < -0.39 is 15.3 Å². The second-order valence-corrected chi connectivity index (χ2v) is 9.18. The molecule has 0 saturated carbocycles. The minimum absolute atomic E-state index is 0.0507. The number of amides is 2. The van der Waals surface area contributed by atoms with E-state index in [1.54, 1.807) is 43.5 Å². The van der Waals surface area contributed by atoms with Gasteiger partial charge in [0.1, 0.15) is 0 Å². The lowest BCUT2D eigenvalue weighted by Gasteiger charge is -2.22. The van der Waals surface area contributed by atoms with E-state index in [-0.39, 0.29) is 24.3 Å². The molecular weight excluding hydrogens is 356 g/mol. The molecule has 2 aliphatic heterocycles. The average molecular weight is 380 g/mol. The van der Waals surface area contributed by atoms with Gasteiger partial charge in [-0.15, -0.1) is 0 Å². The zero-order valence-electron chi connectivity index (χ0n) is 15.0. The summed E-state index contributed by atoms with van der Waals surface area (Å²) in [6.07, 6.45) is 4.16. The van der Waals surface area contributed by atoms with E-state index in [1.807, 2.05) is 0 Å². The van der Waals surface area contributed by atoms with Gasteiger partial charge in [-0.1, -0.05) is 0 Å². The molecule has 0 radical (unpaired) electrons. The van der Waals surface area contributed by atoms with Crippen molar-refractivity contribution in [2.45, 2.75) is 18.1 Å². The van der Waals surface area contributed by atoms with Crippen molar-refractivity contribution in [1.29, 1.82) is 0 Å². The van der Waals surface area contributed by atoms with Gasteiger partial charge in [-0.25, -0.2) is 8.42 Å². The van der Waals surface area contributed by atoms with Crippen molar-refractivity contribution < 1.29 is 18.0 Å². The van der Waals surface area contributed by atoms with E-state index in [1.165, 1.54) is 9.21 Å². The van der Waals surface area contributed by atoms with Crippen LogP contribution in [0, 0.1) is 5.92 Å². The molecule has 0 bridgehead atoms. The Balaban J connectivity index is 1.70. The summed E-state index contributed by atoms with van der Waals surface area (Å²) >= 11 is 0. The summed E-state index contributed by atoms with van der Waals surface area (Å²) in [6.45, 7) is 1.16. The molecule has 2 aliphatic rings. The van der Waals surface area contributed by atoms with E-state index in [2.05, 4.69) is 4.98 Å². The highest BCUT2D eigenvalue weighted by Crippen LogP contribution is 2.34. The molecule has 3 rings (SSSR count). The van der Waals surface area contributed by atoms with E-state index in [4.69, 9.17) is 0 Å². The number of likely N-dealkylation sites (tertiary alicyclic amines) is 1. The first kappa shape index (κ1) is 18.8. The van der Waals surface area contributed by atoms with Crippen LogP contribution in [0.4, 0.5) is 0 Å². The molecule has 0 unspecified atom stereocenters. The molecule has 0 spiro atoms. The van der Waals surface area contributed by atoms with Gasteiger partial charge in [-0.3, -0.25) is 14.6 Å². The lowest BCUT2D eigenvalue weighted by atomic mass is 10.0. The molecule has 1 aromatic rings. The maximum atomic E-state index is 12.8. The average Bonchev–Trinajstić information content (AvgIpc) is 2.77. The molecular formula is C17H24N4O4S. The normalized spacial score (nSPS) is 25.4. The quantitative estimate of drug-likeness (QED) is 0.738. The maximum absolute atomic E-state index is 12.8. The fraction of sp³-hybridized carbons (Fsp3) is 0.588. The van der Waals surface area contributed by atoms with Gasteiger partial charge in [0.05, 0.1) is 11.8 Å². The monoisotopic (exact) mass is 380 g/mol. The van der Waals surface area contributed by atoms with Gasteiger partial charge < -0.3 is 9.80 Å². The van der Waals surface area contributed by atoms with Gasteiger partial charge in [-0.2, -0.15) is 4.31 Å². The van der Waals surface area contributed by atoms with Gasteiger partial charge in [-0.05, 0) is 30.9 Å². The van der Waals surface area contributed by atoms with Crippen LogP contribution < -0.4 is 0 Å². The van der Waals surface area contributed by atoms with E-state index in [9.17, 15) is 18.0 Å². The summed E-state index contributed by atoms with van der Waals surface area (Å²) in [7, 11) is -0.282. The van der Waals surface area contributed by atoms with Gasteiger partial charge in [0, 0.05) is 51.7 Å². The Kier molecular flexibility index (Phi) is 5.29. The number of carbonyl (C=O) groups is 2. The fourth-order valence-electron chi connectivity index (χ4n) is 3.62. The molecule has 8 nitrogen and oxygen atoms in total. The lowest BCUT2D eigenvalue weighted by Crippen LogP contribution is -2.39. The van der Waals surface area contributed by atoms with Crippen LogP contribution in [0.3, 0.4) is 0 Å². The Morgan fingerprint density at radius 3 is 2.50 bits per heavy atom. The molecule has 26 heavy (non-hydrogen) atoms. The van der Waals surface area contributed by atoms with Gasteiger partial charge in [0.2, 0.25) is 15.9 Å². The topological polar surface area (TPSA) is 90.9 Å². The molecule has 2 fully saturated rings. The highest BCUT2D eigenvalue weighted by atomic mass is 32.2. The van der Waals surface area contributed by atoms with Crippen molar-refractivity contribution in [2.75, 3.05) is 40.3 Å². The number of nitrogens with zero attached hydrogens (tertiary/aromatic N) is 4. The number of pyridine rings is 1. The van der Waals surface area contributed by atoms with Crippen LogP contribution in [-0.2, 0) is 14.8 Å². The van der Waals surface area contributed by atoms with Gasteiger partial charge >= 0.3 is 0 Å². The molecule has 9 heteroatoms. The Morgan fingerprint density at radius 2 is 1.85 bits per heavy atom. The second-order valence-electron chi connectivity index (χ2n) is 7.03. The first-order valence-corrected chi connectivity index (χ1v) is 10.2. The number of likely N-dealkylation sites (N-methyl/N-ethyl adjacent to an activating group) is 1. The molecule has 0 N–H and O–H groups in total. The van der Waals surface area contributed by atoms with Gasteiger partial charge in [0.15, 0.2) is 0 Å². The molecule has 2 saturated heterocycles. The highest BCUT2D eigenvalue weighted by molar-refractivity contribution is 7.90. The van der Waals surface area contributed by atoms with E-state index >= 15 is 0 Å². The molecule has 0 aromatic carbocycles. The van der Waals surface area contributed by atoms with Crippen molar-refractivity contribution in [2.24, 2.45) is 5.92 Å². The SMILES string of the molecule is CN(C)C(=O)CN1C[C@H]2CCN(C(=O)c3ccncc3)CC[C@H]2S1(=O)=O. The number of rotatable bonds is 3. The molecule has 2 amide bonds. The predicted molar refractivity (Wildman–Crippen MR) is 95.8 cm³/mol. The Morgan fingerprint density at radius 1 is 1.19 bits per heavy atom. The number of hydrogen-bond acceptors (Lipinski definition) is 5. The third-order valence-corrected chi connectivity index (χ3v) is 7.57. The van der Waals surface area contributed by atoms with Crippen LogP contribution in [-0.4, -0.2) is 84.8 Å². The standard InChI is InChI=1S/C17H24N4O4S/c1-19(2)16(22)12-21-11-14-5-9-20(10-6-15(14)26(21,24)25)17(23)13-3-7-18-8-4-13/h3-4,7-8,14-15H,5-6,9-12H2,1-2H3/t14-,15-/m1/s1. The Labute approximate surface area is 153 Å². The Bertz CT molecular complexity index is 781. The van der Waals surface area contributed by atoms with Crippen molar-refractivity contribution in [3.63, 3.8) is 0 Å². The summed E-state index contributed by atoms with van der Waals surface area (Å²) in [5.41, 5.74) is 0.563. The number of aromatic nitrogens is 1. The predicted octanol–water partition coefficient (Wildman–Crippen LogP) is 0.0360. The minimum atomic E-state index is -3.52. The summed E-state index contributed by atoms with van der Waals surface area (Å²) in [5, 5.41) is -0.521. The molecule has 142 valence electrons. The summed E-state index contributed by atoms with van der Waals surface area (Å²) in [6, 6.07) is 3.33. The third kappa shape index (κ3) is 3.59. The Hall–Kier alpha value is -2.00. The number of hydrogen-bond donors (Lipinski definition) is 0. The van der Waals surface area contributed by atoms with Crippen LogP contribution in [0.25, 0.3) is 0 Å². The number of carbonyl (C=O) groups excluding carboxylic acids is 2. The maximum Gasteiger partial charge on any atom is 0.253 e. The minimum Gasteiger partial charge on any atom is -0.348 e. The molecule has 1 aromatic heterocycles. The fourth-order valence-corrected chi connectivity index (χ4v) is 5.81. The van der Waals surface area contributed by atoms with E-state index in [0.717, 1.165) is 0 Å².